The van der Waals surface area contributed by atoms with E-state index in [1.165, 1.54) is 0 Å². The smallest absolute Gasteiger partial charge is 0.326 e. The van der Waals surface area contributed by atoms with E-state index < -0.39 is 28.2 Å². The lowest BCUT2D eigenvalue weighted by molar-refractivity contribution is -0.144. The fourth-order valence-corrected chi connectivity index (χ4v) is 5.40. The van der Waals surface area contributed by atoms with E-state index in [0.717, 1.165) is 42.4 Å². The van der Waals surface area contributed by atoms with E-state index in [2.05, 4.69) is 37.1 Å². The highest BCUT2D eigenvalue weighted by Gasteiger charge is 2.45. The molecule has 37 heavy (non-hydrogen) atoms. The van der Waals surface area contributed by atoms with Gasteiger partial charge in [-0.2, -0.15) is 12.6 Å². The van der Waals surface area contributed by atoms with Crippen molar-refractivity contribution < 1.29 is 19.5 Å². The molecule has 7 heteroatoms. The number of hydrogen-bond donors (Lipinski definition) is 4. The number of amides is 2. The van der Waals surface area contributed by atoms with Gasteiger partial charge in [-0.1, -0.05) is 94.1 Å². The third kappa shape index (κ3) is 7.60. The Morgan fingerprint density at radius 3 is 2.16 bits per heavy atom. The highest BCUT2D eigenvalue weighted by Crippen LogP contribution is 2.32. The minimum Gasteiger partial charge on any atom is -0.480 e. The number of carboxylic acid groups (broad SMARTS) is 1. The summed E-state index contributed by atoms with van der Waals surface area (Å²) in [5.74, 6) is -1.50. The van der Waals surface area contributed by atoms with Crippen LogP contribution in [0.3, 0.4) is 0 Å². The Morgan fingerprint density at radius 1 is 1.00 bits per heavy atom. The van der Waals surface area contributed by atoms with Gasteiger partial charge in [-0.15, -0.1) is 0 Å². The Kier molecular flexibility index (Phi) is 9.82. The van der Waals surface area contributed by atoms with E-state index in [-0.39, 0.29) is 12.3 Å². The van der Waals surface area contributed by atoms with Crippen LogP contribution < -0.4 is 10.6 Å². The largest absolute Gasteiger partial charge is 0.480 e. The van der Waals surface area contributed by atoms with Crippen LogP contribution in [0.2, 0.25) is 0 Å². The van der Waals surface area contributed by atoms with Gasteiger partial charge in [0.05, 0.1) is 4.75 Å². The van der Waals surface area contributed by atoms with Crippen LogP contribution in [0.15, 0.2) is 54.6 Å². The fraction of sp³-hybridized carbons (Fsp3) is 0.500. The van der Waals surface area contributed by atoms with Crippen LogP contribution in [0.1, 0.15) is 71.3 Å². The van der Waals surface area contributed by atoms with E-state index in [1.807, 2.05) is 54.6 Å². The Morgan fingerprint density at radius 2 is 1.59 bits per heavy atom. The van der Waals surface area contributed by atoms with Crippen molar-refractivity contribution >= 4 is 30.4 Å². The molecule has 200 valence electrons. The molecule has 6 nitrogen and oxygen atoms in total. The fourth-order valence-electron chi connectivity index (χ4n) is 5.03. The topological polar surface area (TPSA) is 95.5 Å². The molecule has 3 unspecified atom stereocenters. The lowest BCUT2D eigenvalue weighted by atomic mass is 9.79. The third-order valence-corrected chi connectivity index (χ3v) is 7.92. The second-order valence-corrected chi connectivity index (χ2v) is 11.7. The van der Waals surface area contributed by atoms with Crippen LogP contribution in [-0.2, 0) is 20.8 Å². The summed E-state index contributed by atoms with van der Waals surface area (Å²) >= 11 is 4.65. The van der Waals surface area contributed by atoms with E-state index in [1.54, 1.807) is 6.92 Å². The van der Waals surface area contributed by atoms with Crippen molar-refractivity contribution in [2.75, 3.05) is 0 Å². The van der Waals surface area contributed by atoms with Crippen molar-refractivity contribution in [3.8, 4) is 11.1 Å². The summed E-state index contributed by atoms with van der Waals surface area (Å²) in [7, 11) is 0. The van der Waals surface area contributed by atoms with Crippen molar-refractivity contribution in [3.05, 3.63) is 60.2 Å². The molecule has 1 aliphatic carbocycles. The molecule has 2 aromatic carbocycles. The number of nitrogens with one attached hydrogen (secondary N) is 2. The standard InChI is InChI=1S/C30H40N2O4S/c1-4-21(2)20-29(3,37)27(35)32-30(17-9-6-10-18-30)28(36)31-25(26(33)34)19-22-13-15-24(16-14-22)23-11-7-5-8-12-23/h5,7-8,11-16,21,25,37H,4,6,9-10,17-20H2,1-3H3,(H,31,36)(H,32,35)(H,33,34). The molecule has 3 rings (SSSR count). The molecule has 1 saturated carbocycles. The first-order valence-electron chi connectivity index (χ1n) is 13.3. The van der Waals surface area contributed by atoms with Crippen LogP contribution >= 0.6 is 12.6 Å². The number of carboxylic acids is 1. The first kappa shape index (κ1) is 28.8. The van der Waals surface area contributed by atoms with Crippen molar-refractivity contribution in [2.24, 2.45) is 5.92 Å². The van der Waals surface area contributed by atoms with Crippen LogP contribution in [0.4, 0.5) is 0 Å². The average molecular weight is 525 g/mol. The third-order valence-electron chi connectivity index (χ3n) is 7.53. The molecule has 3 atom stereocenters. The number of aliphatic carboxylic acids is 1. The predicted molar refractivity (Wildman–Crippen MR) is 151 cm³/mol. The van der Waals surface area contributed by atoms with Crippen LogP contribution in [-0.4, -0.2) is 39.2 Å². The molecule has 0 bridgehead atoms. The normalized spacial score (nSPS) is 18.2. The maximum absolute atomic E-state index is 13.6. The molecule has 1 fully saturated rings. The SMILES string of the molecule is CCC(C)CC(C)(S)C(=O)NC1(C(=O)NC(Cc2ccc(-c3ccccc3)cc2)C(=O)O)CCCCC1. The summed E-state index contributed by atoms with van der Waals surface area (Å²) in [6.45, 7) is 5.93. The number of hydrogen-bond acceptors (Lipinski definition) is 4. The van der Waals surface area contributed by atoms with Gasteiger partial charge in [-0.05, 0) is 48.8 Å². The van der Waals surface area contributed by atoms with Gasteiger partial charge in [0.1, 0.15) is 11.6 Å². The van der Waals surface area contributed by atoms with E-state index in [4.69, 9.17) is 0 Å². The second-order valence-electron chi connectivity index (χ2n) is 10.7. The first-order valence-corrected chi connectivity index (χ1v) is 13.7. The van der Waals surface area contributed by atoms with Gasteiger partial charge in [0, 0.05) is 6.42 Å². The van der Waals surface area contributed by atoms with E-state index >= 15 is 0 Å². The van der Waals surface area contributed by atoms with Crippen LogP contribution in [0.25, 0.3) is 11.1 Å². The molecule has 2 amide bonds. The maximum atomic E-state index is 13.6. The highest BCUT2D eigenvalue weighted by molar-refractivity contribution is 7.82. The Hall–Kier alpha value is -2.80. The number of thiol groups is 1. The van der Waals surface area contributed by atoms with Gasteiger partial charge < -0.3 is 15.7 Å². The summed E-state index contributed by atoms with van der Waals surface area (Å²) in [5, 5.41) is 15.7. The monoisotopic (exact) mass is 524 g/mol. The number of carbonyl (C=O) groups is 3. The molecule has 0 aromatic heterocycles. The molecular weight excluding hydrogens is 484 g/mol. The zero-order valence-electron chi connectivity index (χ0n) is 22.1. The van der Waals surface area contributed by atoms with Gasteiger partial charge in [-0.25, -0.2) is 4.79 Å². The Bertz CT molecular complexity index is 1060. The van der Waals surface area contributed by atoms with Crippen LogP contribution in [0, 0.1) is 5.92 Å². The summed E-state index contributed by atoms with van der Waals surface area (Å²) in [6, 6.07) is 16.5. The zero-order valence-corrected chi connectivity index (χ0v) is 23.0. The van der Waals surface area contributed by atoms with Gasteiger partial charge in [0.25, 0.3) is 0 Å². The first-order chi connectivity index (χ1) is 17.6. The minimum atomic E-state index is -1.13. The summed E-state index contributed by atoms with van der Waals surface area (Å²) in [6.07, 6.45) is 5.20. The van der Waals surface area contributed by atoms with Gasteiger partial charge in [0.2, 0.25) is 11.8 Å². The van der Waals surface area contributed by atoms with Crippen LogP contribution in [0.5, 0.6) is 0 Å². The molecule has 0 radical (unpaired) electrons. The van der Waals surface area contributed by atoms with Crippen molar-refractivity contribution in [3.63, 3.8) is 0 Å². The van der Waals surface area contributed by atoms with Gasteiger partial charge in [-0.3, -0.25) is 9.59 Å². The molecule has 3 N–H and O–H groups in total. The van der Waals surface area contributed by atoms with E-state index in [0.29, 0.717) is 25.2 Å². The lowest BCUT2D eigenvalue weighted by Gasteiger charge is -2.39. The van der Waals surface area contributed by atoms with Gasteiger partial charge in [0.15, 0.2) is 0 Å². The minimum absolute atomic E-state index is 0.151. The highest BCUT2D eigenvalue weighted by atomic mass is 32.1. The molecule has 2 aromatic rings. The zero-order chi connectivity index (χ0) is 27.1. The predicted octanol–water partition coefficient (Wildman–Crippen LogP) is 5.41. The molecule has 1 aliphatic rings. The quantitative estimate of drug-likeness (QED) is 0.296. The molecule has 0 aliphatic heterocycles. The molecular formula is C30H40N2O4S. The number of benzene rings is 2. The molecule has 0 heterocycles. The van der Waals surface area contributed by atoms with Crippen molar-refractivity contribution in [2.45, 2.75) is 88.5 Å². The Labute approximate surface area is 226 Å². The molecule has 0 spiro atoms. The molecule has 0 saturated heterocycles. The second kappa shape index (κ2) is 12.6. The summed E-state index contributed by atoms with van der Waals surface area (Å²) in [5.41, 5.74) is 1.80. The maximum Gasteiger partial charge on any atom is 0.326 e. The summed E-state index contributed by atoms with van der Waals surface area (Å²) < 4.78 is -0.924. The number of rotatable bonds is 11. The van der Waals surface area contributed by atoms with Crippen molar-refractivity contribution in [1.29, 1.82) is 0 Å². The van der Waals surface area contributed by atoms with Gasteiger partial charge >= 0.3 is 5.97 Å². The van der Waals surface area contributed by atoms with E-state index in [9.17, 15) is 19.5 Å². The number of carbonyl (C=O) groups excluding carboxylic acids is 2. The van der Waals surface area contributed by atoms with Crippen molar-refractivity contribution in [1.82, 2.24) is 10.6 Å². The average Bonchev–Trinajstić information content (AvgIpc) is 2.89. The Balaban J connectivity index is 1.74. The summed E-state index contributed by atoms with van der Waals surface area (Å²) in [4.78, 5) is 39.0. The lowest BCUT2D eigenvalue weighted by Crippen LogP contribution is -2.64.